The van der Waals surface area contributed by atoms with Crippen molar-refractivity contribution in [3.63, 3.8) is 0 Å². The highest BCUT2D eigenvalue weighted by molar-refractivity contribution is 5.50. The van der Waals surface area contributed by atoms with Crippen molar-refractivity contribution < 1.29 is 9.47 Å². The molecule has 0 atom stereocenters. The van der Waals surface area contributed by atoms with Crippen LogP contribution in [0.2, 0.25) is 0 Å². The van der Waals surface area contributed by atoms with Gasteiger partial charge in [-0.1, -0.05) is 6.07 Å². The molecule has 0 spiro atoms. The molecule has 1 aromatic heterocycles. The van der Waals surface area contributed by atoms with Crippen molar-refractivity contribution in [1.82, 2.24) is 10.2 Å². The zero-order valence-electron chi connectivity index (χ0n) is 11.4. The predicted octanol–water partition coefficient (Wildman–Crippen LogP) is 1.77. The molecule has 3 rings (SSSR count). The van der Waals surface area contributed by atoms with Crippen molar-refractivity contribution in [2.24, 2.45) is 0 Å². The van der Waals surface area contributed by atoms with Crippen molar-refractivity contribution >= 4 is 5.82 Å². The fraction of sp³-hybridized carbons (Fsp3) is 0.267. The first kappa shape index (κ1) is 13.2. The summed E-state index contributed by atoms with van der Waals surface area (Å²) in [6.07, 6.45) is 2.29. The van der Waals surface area contributed by atoms with E-state index in [4.69, 9.17) is 14.7 Å². The van der Waals surface area contributed by atoms with Gasteiger partial charge in [0, 0.05) is 6.54 Å². The Kier molecular flexibility index (Phi) is 3.83. The first-order valence-corrected chi connectivity index (χ1v) is 6.71. The fourth-order valence-corrected chi connectivity index (χ4v) is 2.12. The van der Waals surface area contributed by atoms with Gasteiger partial charge in [0.2, 0.25) is 0 Å². The number of rotatable bonds is 4. The van der Waals surface area contributed by atoms with Gasteiger partial charge in [0.25, 0.3) is 0 Å². The molecule has 0 amide bonds. The van der Waals surface area contributed by atoms with Crippen LogP contribution in [0.3, 0.4) is 0 Å². The van der Waals surface area contributed by atoms with Crippen LogP contribution in [0.1, 0.15) is 11.1 Å². The van der Waals surface area contributed by atoms with Crippen LogP contribution >= 0.6 is 0 Å². The van der Waals surface area contributed by atoms with Crippen LogP contribution < -0.4 is 14.8 Å². The maximum Gasteiger partial charge on any atom is 0.166 e. The summed E-state index contributed by atoms with van der Waals surface area (Å²) in [6, 6.07) is 9.64. The molecule has 6 nitrogen and oxygen atoms in total. The Morgan fingerprint density at radius 3 is 2.90 bits per heavy atom. The zero-order chi connectivity index (χ0) is 14.5. The summed E-state index contributed by atoms with van der Waals surface area (Å²) in [7, 11) is 0. The van der Waals surface area contributed by atoms with Gasteiger partial charge in [-0.05, 0) is 30.2 Å². The molecule has 0 saturated carbocycles. The average Bonchev–Trinajstić information content (AvgIpc) is 2.55. The average molecular weight is 282 g/mol. The van der Waals surface area contributed by atoms with Gasteiger partial charge >= 0.3 is 0 Å². The molecular formula is C15H14N4O2. The van der Waals surface area contributed by atoms with E-state index < -0.39 is 0 Å². The van der Waals surface area contributed by atoms with Gasteiger partial charge in [-0.2, -0.15) is 10.4 Å². The Morgan fingerprint density at radius 2 is 2.05 bits per heavy atom. The molecule has 1 aliphatic rings. The number of nitrogens with zero attached hydrogens (tertiary/aromatic N) is 3. The highest BCUT2D eigenvalue weighted by Crippen LogP contribution is 2.30. The monoisotopic (exact) mass is 282 g/mol. The molecule has 106 valence electrons. The number of nitrogens with one attached hydrogen (secondary N) is 1. The Labute approximate surface area is 122 Å². The van der Waals surface area contributed by atoms with Gasteiger partial charge in [0.05, 0.1) is 11.8 Å². The molecule has 1 aliphatic heterocycles. The molecular weight excluding hydrogens is 268 g/mol. The lowest BCUT2D eigenvalue weighted by Crippen LogP contribution is -2.15. The summed E-state index contributed by atoms with van der Waals surface area (Å²) in [4.78, 5) is 0. The number of fused-ring (bicyclic) bond motifs is 1. The predicted molar refractivity (Wildman–Crippen MR) is 76.4 cm³/mol. The van der Waals surface area contributed by atoms with Gasteiger partial charge in [0.15, 0.2) is 17.3 Å². The van der Waals surface area contributed by atoms with Gasteiger partial charge in [0.1, 0.15) is 19.3 Å². The first-order chi connectivity index (χ1) is 10.4. The van der Waals surface area contributed by atoms with Crippen LogP contribution in [0.15, 0.2) is 30.5 Å². The van der Waals surface area contributed by atoms with Gasteiger partial charge in [-0.3, -0.25) is 0 Å². The molecule has 2 aromatic rings. The van der Waals surface area contributed by atoms with Crippen LogP contribution in [0.4, 0.5) is 5.82 Å². The van der Waals surface area contributed by atoms with Crippen molar-refractivity contribution in [3.8, 4) is 17.6 Å². The molecule has 21 heavy (non-hydrogen) atoms. The summed E-state index contributed by atoms with van der Waals surface area (Å²) in [5.74, 6) is 2.09. The Hall–Kier alpha value is -2.81. The molecule has 6 heteroatoms. The standard InChI is InChI=1S/C15H14N4O2/c16-10-12-4-6-18-19-15(12)17-5-3-11-1-2-13-14(9-11)21-8-7-20-13/h1-2,4,6,9H,3,5,7-8H2,(H,17,19). The topological polar surface area (TPSA) is 80.1 Å². The number of anilines is 1. The second-order valence-corrected chi connectivity index (χ2v) is 4.56. The molecule has 0 fully saturated rings. The summed E-state index contributed by atoms with van der Waals surface area (Å²) in [5.41, 5.74) is 1.63. The molecule has 0 radical (unpaired) electrons. The van der Waals surface area contributed by atoms with Gasteiger partial charge < -0.3 is 14.8 Å². The van der Waals surface area contributed by atoms with E-state index in [-0.39, 0.29) is 0 Å². The fourth-order valence-electron chi connectivity index (χ4n) is 2.12. The Bertz CT molecular complexity index is 682. The van der Waals surface area contributed by atoms with Crippen molar-refractivity contribution in [1.29, 1.82) is 5.26 Å². The van der Waals surface area contributed by atoms with Gasteiger partial charge in [-0.25, -0.2) is 0 Å². The second-order valence-electron chi connectivity index (χ2n) is 4.56. The first-order valence-electron chi connectivity index (χ1n) is 6.71. The van der Waals surface area contributed by atoms with E-state index in [9.17, 15) is 0 Å². The summed E-state index contributed by atoms with van der Waals surface area (Å²) >= 11 is 0. The molecule has 0 unspecified atom stereocenters. The quantitative estimate of drug-likeness (QED) is 0.920. The third-order valence-corrected chi connectivity index (χ3v) is 3.15. The highest BCUT2D eigenvalue weighted by Gasteiger charge is 2.11. The van der Waals surface area contributed by atoms with Crippen molar-refractivity contribution in [3.05, 3.63) is 41.6 Å². The van der Waals surface area contributed by atoms with Crippen LogP contribution in [-0.2, 0) is 6.42 Å². The number of benzene rings is 1. The third-order valence-electron chi connectivity index (χ3n) is 3.15. The van der Waals surface area contributed by atoms with Crippen LogP contribution in [0.25, 0.3) is 0 Å². The van der Waals surface area contributed by atoms with Crippen LogP contribution in [0.5, 0.6) is 11.5 Å². The van der Waals surface area contributed by atoms with Crippen molar-refractivity contribution in [2.45, 2.75) is 6.42 Å². The molecule has 1 aromatic carbocycles. The molecule has 2 heterocycles. The molecule has 0 saturated heterocycles. The minimum Gasteiger partial charge on any atom is -0.486 e. The van der Waals surface area contributed by atoms with E-state index in [1.165, 1.54) is 6.20 Å². The maximum atomic E-state index is 8.98. The van der Waals surface area contributed by atoms with Crippen molar-refractivity contribution in [2.75, 3.05) is 25.1 Å². The lowest BCUT2D eigenvalue weighted by atomic mass is 10.1. The number of nitriles is 1. The number of hydrogen-bond acceptors (Lipinski definition) is 6. The molecule has 0 aliphatic carbocycles. The summed E-state index contributed by atoms with van der Waals surface area (Å²) < 4.78 is 11.0. The maximum absolute atomic E-state index is 8.98. The van der Waals surface area contributed by atoms with E-state index in [2.05, 4.69) is 21.6 Å². The normalized spacial score (nSPS) is 12.5. The second kappa shape index (κ2) is 6.09. The van der Waals surface area contributed by atoms with E-state index in [1.54, 1.807) is 6.07 Å². The lowest BCUT2D eigenvalue weighted by Gasteiger charge is -2.18. The molecule has 0 bridgehead atoms. The van der Waals surface area contributed by atoms with Crippen LogP contribution in [-0.4, -0.2) is 30.0 Å². The largest absolute Gasteiger partial charge is 0.486 e. The third kappa shape index (κ3) is 3.03. The summed E-state index contributed by atoms with van der Waals surface area (Å²) in [6.45, 7) is 1.84. The highest BCUT2D eigenvalue weighted by atomic mass is 16.6. The van der Waals surface area contributed by atoms with Crippen LogP contribution in [0, 0.1) is 11.3 Å². The lowest BCUT2D eigenvalue weighted by molar-refractivity contribution is 0.171. The van der Waals surface area contributed by atoms with E-state index in [0.29, 0.717) is 31.1 Å². The summed E-state index contributed by atoms with van der Waals surface area (Å²) in [5, 5.41) is 19.8. The zero-order valence-corrected chi connectivity index (χ0v) is 11.4. The number of aromatic nitrogens is 2. The smallest absolute Gasteiger partial charge is 0.166 e. The van der Waals surface area contributed by atoms with E-state index in [0.717, 1.165) is 23.5 Å². The Balaban J connectivity index is 1.62. The van der Waals surface area contributed by atoms with Gasteiger partial charge in [-0.15, -0.1) is 5.10 Å². The minimum absolute atomic E-state index is 0.493. The minimum atomic E-state index is 0.493. The number of ether oxygens (including phenoxy) is 2. The Morgan fingerprint density at radius 1 is 1.19 bits per heavy atom. The van der Waals surface area contributed by atoms with E-state index in [1.807, 2.05) is 18.2 Å². The van der Waals surface area contributed by atoms with E-state index >= 15 is 0 Å². The SMILES string of the molecule is N#Cc1ccnnc1NCCc1ccc2c(c1)OCCO2. The number of hydrogen-bond donors (Lipinski definition) is 1. The molecule has 1 N–H and O–H groups in total.